The van der Waals surface area contributed by atoms with Crippen LogP contribution < -0.4 is 10.5 Å². The molecule has 0 bridgehead atoms. The normalized spacial score (nSPS) is 26.1. The standard InChI is InChI=1S/C10H18N4O3S2/c1-4-17-7-5-6(10(7,2)3)14-19(15,16)9-13-12-8(11)18-9/h6-7,14H,4-5H2,1-3H3,(H2,11,12). The SMILES string of the molecule is CCOC1CC(NS(=O)(=O)c2nnc(N)s2)C1(C)C. The molecule has 1 aromatic heterocycles. The molecule has 1 saturated carbocycles. The molecule has 0 spiro atoms. The first-order valence-corrected chi connectivity index (χ1v) is 8.30. The van der Waals surface area contributed by atoms with Gasteiger partial charge in [0.2, 0.25) is 9.47 Å². The average molecular weight is 306 g/mol. The van der Waals surface area contributed by atoms with Crippen LogP contribution in [0.15, 0.2) is 4.34 Å². The number of ether oxygens (including phenoxy) is 1. The van der Waals surface area contributed by atoms with E-state index in [0.717, 1.165) is 11.3 Å². The monoisotopic (exact) mass is 306 g/mol. The molecular weight excluding hydrogens is 288 g/mol. The van der Waals surface area contributed by atoms with Crippen LogP contribution in [-0.2, 0) is 14.8 Å². The predicted molar refractivity (Wildman–Crippen MR) is 72.2 cm³/mol. The molecule has 108 valence electrons. The van der Waals surface area contributed by atoms with Crippen LogP contribution in [0.25, 0.3) is 0 Å². The average Bonchev–Trinajstić information content (AvgIpc) is 2.75. The van der Waals surface area contributed by atoms with Gasteiger partial charge in [0, 0.05) is 18.1 Å². The smallest absolute Gasteiger partial charge is 0.270 e. The van der Waals surface area contributed by atoms with Crippen molar-refractivity contribution in [3.63, 3.8) is 0 Å². The largest absolute Gasteiger partial charge is 0.378 e. The van der Waals surface area contributed by atoms with Crippen molar-refractivity contribution in [1.82, 2.24) is 14.9 Å². The lowest BCUT2D eigenvalue weighted by Crippen LogP contribution is -2.61. The Labute approximate surface area is 116 Å². The minimum Gasteiger partial charge on any atom is -0.378 e. The predicted octanol–water partition coefficient (Wildman–Crippen LogP) is 0.602. The highest BCUT2D eigenvalue weighted by atomic mass is 32.2. The molecule has 9 heteroatoms. The van der Waals surface area contributed by atoms with Gasteiger partial charge in [0.15, 0.2) is 0 Å². The molecule has 1 heterocycles. The topological polar surface area (TPSA) is 107 Å². The van der Waals surface area contributed by atoms with Crippen LogP contribution in [0, 0.1) is 5.41 Å². The minimum atomic E-state index is -3.65. The lowest BCUT2D eigenvalue weighted by molar-refractivity contribution is -0.108. The Morgan fingerprint density at radius 3 is 2.68 bits per heavy atom. The first-order valence-electron chi connectivity index (χ1n) is 6.00. The summed E-state index contributed by atoms with van der Waals surface area (Å²) < 4.78 is 32.3. The van der Waals surface area contributed by atoms with Crippen LogP contribution in [0.3, 0.4) is 0 Å². The maximum absolute atomic E-state index is 12.1. The Balaban J connectivity index is 2.07. The lowest BCUT2D eigenvalue weighted by atomic mass is 9.65. The van der Waals surface area contributed by atoms with Crippen molar-refractivity contribution in [3.8, 4) is 0 Å². The molecule has 1 fully saturated rings. The van der Waals surface area contributed by atoms with Gasteiger partial charge >= 0.3 is 0 Å². The number of nitrogen functional groups attached to an aromatic ring is 1. The third-order valence-corrected chi connectivity index (χ3v) is 6.09. The van der Waals surface area contributed by atoms with E-state index in [2.05, 4.69) is 14.9 Å². The Hall–Kier alpha value is -0.770. The Morgan fingerprint density at radius 1 is 1.53 bits per heavy atom. The van der Waals surface area contributed by atoms with Crippen LogP contribution in [-0.4, -0.2) is 37.4 Å². The highest BCUT2D eigenvalue weighted by Gasteiger charge is 2.50. The quantitative estimate of drug-likeness (QED) is 0.825. The van der Waals surface area contributed by atoms with Crippen LogP contribution in [0.1, 0.15) is 27.2 Å². The lowest BCUT2D eigenvalue weighted by Gasteiger charge is -2.51. The van der Waals surface area contributed by atoms with Crippen molar-refractivity contribution >= 4 is 26.5 Å². The third kappa shape index (κ3) is 2.73. The summed E-state index contributed by atoms with van der Waals surface area (Å²) in [4.78, 5) is 0. The maximum Gasteiger partial charge on any atom is 0.270 e. The van der Waals surface area contributed by atoms with Gasteiger partial charge in [-0.3, -0.25) is 0 Å². The van der Waals surface area contributed by atoms with Crippen molar-refractivity contribution in [1.29, 1.82) is 0 Å². The number of nitrogens with one attached hydrogen (secondary N) is 1. The van der Waals surface area contributed by atoms with E-state index < -0.39 is 10.0 Å². The summed E-state index contributed by atoms with van der Waals surface area (Å²) in [6, 6.07) is -0.167. The summed E-state index contributed by atoms with van der Waals surface area (Å²) in [6.07, 6.45) is 0.735. The molecule has 3 N–H and O–H groups in total. The van der Waals surface area contributed by atoms with E-state index in [9.17, 15) is 8.42 Å². The van der Waals surface area contributed by atoms with Gasteiger partial charge in [0.05, 0.1) is 6.10 Å². The van der Waals surface area contributed by atoms with Gasteiger partial charge in [-0.1, -0.05) is 25.2 Å². The van der Waals surface area contributed by atoms with E-state index >= 15 is 0 Å². The van der Waals surface area contributed by atoms with Crippen LogP contribution >= 0.6 is 11.3 Å². The molecule has 1 aliphatic carbocycles. The van der Waals surface area contributed by atoms with E-state index in [1.165, 1.54) is 0 Å². The molecule has 19 heavy (non-hydrogen) atoms. The molecule has 1 aliphatic rings. The number of nitrogens with zero attached hydrogens (tertiary/aromatic N) is 2. The van der Waals surface area contributed by atoms with Crippen molar-refractivity contribution in [2.45, 2.75) is 43.7 Å². The van der Waals surface area contributed by atoms with Crippen molar-refractivity contribution in [2.24, 2.45) is 5.41 Å². The summed E-state index contributed by atoms with van der Waals surface area (Å²) in [5, 5.41) is 7.22. The van der Waals surface area contributed by atoms with E-state index in [4.69, 9.17) is 10.5 Å². The van der Waals surface area contributed by atoms with E-state index in [1.54, 1.807) is 0 Å². The van der Waals surface area contributed by atoms with Gasteiger partial charge in [0.1, 0.15) is 0 Å². The van der Waals surface area contributed by atoms with Gasteiger partial charge < -0.3 is 10.5 Å². The number of hydrogen-bond acceptors (Lipinski definition) is 7. The van der Waals surface area contributed by atoms with Gasteiger partial charge in [-0.2, -0.15) is 0 Å². The molecule has 0 amide bonds. The second kappa shape index (κ2) is 4.97. The van der Waals surface area contributed by atoms with E-state index in [1.807, 2.05) is 20.8 Å². The first kappa shape index (κ1) is 14.6. The van der Waals surface area contributed by atoms with Crippen molar-refractivity contribution < 1.29 is 13.2 Å². The second-order valence-corrected chi connectivity index (χ2v) is 7.98. The summed E-state index contributed by atoms with van der Waals surface area (Å²) in [5.41, 5.74) is 5.16. The highest BCUT2D eigenvalue weighted by Crippen LogP contribution is 2.43. The van der Waals surface area contributed by atoms with Gasteiger partial charge in [-0.15, -0.1) is 10.2 Å². The Bertz CT molecular complexity index is 555. The van der Waals surface area contributed by atoms with Crippen LogP contribution in [0.5, 0.6) is 0 Å². The summed E-state index contributed by atoms with van der Waals surface area (Å²) in [6.45, 7) is 6.52. The molecule has 7 nitrogen and oxygen atoms in total. The molecule has 2 atom stereocenters. The zero-order valence-electron chi connectivity index (χ0n) is 11.1. The fraction of sp³-hybridized carbons (Fsp3) is 0.800. The fourth-order valence-corrected chi connectivity index (χ4v) is 4.34. The van der Waals surface area contributed by atoms with Crippen molar-refractivity contribution in [3.05, 3.63) is 0 Å². The number of rotatable bonds is 5. The number of aromatic nitrogens is 2. The first-order chi connectivity index (χ1) is 8.77. The Kier molecular flexibility index (Phi) is 3.83. The van der Waals surface area contributed by atoms with Gasteiger partial charge in [0.25, 0.3) is 10.0 Å². The molecular formula is C10H18N4O3S2. The summed E-state index contributed by atoms with van der Waals surface area (Å²) >= 11 is 0.856. The van der Waals surface area contributed by atoms with Gasteiger partial charge in [-0.25, -0.2) is 13.1 Å². The minimum absolute atomic E-state index is 0.0738. The molecule has 0 aliphatic heterocycles. The zero-order valence-corrected chi connectivity index (χ0v) is 12.7. The molecule has 0 aromatic carbocycles. The number of sulfonamides is 1. The van der Waals surface area contributed by atoms with Gasteiger partial charge in [-0.05, 0) is 13.3 Å². The van der Waals surface area contributed by atoms with E-state index in [0.29, 0.717) is 13.0 Å². The van der Waals surface area contributed by atoms with E-state index in [-0.39, 0.29) is 27.0 Å². The summed E-state index contributed by atoms with van der Waals surface area (Å²) in [5.74, 6) is 0. The molecule has 2 unspecified atom stereocenters. The van der Waals surface area contributed by atoms with Crippen molar-refractivity contribution in [2.75, 3.05) is 12.3 Å². The maximum atomic E-state index is 12.1. The number of hydrogen-bond donors (Lipinski definition) is 2. The molecule has 0 saturated heterocycles. The molecule has 0 radical (unpaired) electrons. The number of anilines is 1. The fourth-order valence-electron chi connectivity index (χ4n) is 2.14. The molecule has 1 aromatic rings. The number of nitrogens with two attached hydrogens (primary N) is 1. The van der Waals surface area contributed by atoms with Crippen LogP contribution in [0.4, 0.5) is 5.13 Å². The second-order valence-electron chi connectivity index (χ2n) is 5.08. The highest BCUT2D eigenvalue weighted by molar-refractivity contribution is 7.91. The molecule has 2 rings (SSSR count). The summed E-state index contributed by atoms with van der Waals surface area (Å²) in [7, 11) is -3.65. The van der Waals surface area contributed by atoms with Crippen LogP contribution in [0.2, 0.25) is 0 Å². The Morgan fingerprint density at radius 2 is 2.21 bits per heavy atom. The third-order valence-electron chi connectivity index (χ3n) is 3.49. The zero-order chi connectivity index (χ0) is 14.3.